The maximum absolute atomic E-state index is 12.7. The Hall–Kier alpha value is -3.47. The minimum absolute atomic E-state index is 0.302. The van der Waals surface area contributed by atoms with Crippen molar-refractivity contribution in [3.8, 4) is 5.88 Å². The fourth-order valence-electron chi connectivity index (χ4n) is 3.00. The molecular weight excluding hydrogens is 364 g/mol. The highest BCUT2D eigenvalue weighted by Gasteiger charge is 2.22. The fourth-order valence-corrected chi connectivity index (χ4v) is 3.00. The predicted octanol–water partition coefficient (Wildman–Crippen LogP) is 4.10. The molecule has 5 nitrogen and oxygen atoms in total. The van der Waals surface area contributed by atoms with Gasteiger partial charge in [0.15, 0.2) is 6.04 Å². The van der Waals surface area contributed by atoms with E-state index in [2.05, 4.69) is 4.98 Å². The van der Waals surface area contributed by atoms with Crippen molar-refractivity contribution in [1.82, 2.24) is 4.98 Å². The predicted molar refractivity (Wildman–Crippen MR) is 113 cm³/mol. The fraction of sp³-hybridized carbons (Fsp3) is 0.208. The molecule has 0 saturated heterocycles. The van der Waals surface area contributed by atoms with Crippen molar-refractivity contribution in [2.75, 3.05) is 13.7 Å². The minimum Gasteiger partial charge on any atom is -0.481 e. The summed E-state index contributed by atoms with van der Waals surface area (Å²) in [5, 5.41) is 0. The van der Waals surface area contributed by atoms with Crippen LogP contribution in [-0.2, 0) is 16.0 Å². The topological polar surface area (TPSA) is 60.8 Å². The number of aliphatic imine (C=N–C) groups is 1. The maximum atomic E-state index is 12.7. The van der Waals surface area contributed by atoms with E-state index >= 15 is 0 Å². The number of ether oxygens (including phenoxy) is 2. The van der Waals surface area contributed by atoms with Gasteiger partial charge in [0.05, 0.1) is 19.4 Å². The molecule has 0 saturated carbocycles. The Balaban J connectivity index is 2.03. The Kier molecular flexibility index (Phi) is 7.11. The molecule has 0 spiro atoms. The van der Waals surface area contributed by atoms with Crippen molar-refractivity contribution in [2.24, 2.45) is 4.99 Å². The third kappa shape index (κ3) is 5.51. The Bertz CT molecular complexity index is 915. The molecule has 0 radical (unpaired) electrons. The molecule has 1 aromatic heterocycles. The second kappa shape index (κ2) is 10.2. The number of carbonyl (C=O) groups is 1. The molecular formula is C24H24N2O3. The van der Waals surface area contributed by atoms with Gasteiger partial charge in [0.25, 0.3) is 0 Å². The van der Waals surface area contributed by atoms with E-state index in [0.29, 0.717) is 18.9 Å². The van der Waals surface area contributed by atoms with Crippen molar-refractivity contribution in [1.29, 1.82) is 0 Å². The van der Waals surface area contributed by atoms with E-state index in [1.807, 2.05) is 72.8 Å². The Labute approximate surface area is 171 Å². The van der Waals surface area contributed by atoms with Gasteiger partial charge in [-0.1, -0.05) is 60.7 Å². The second-order valence-electron chi connectivity index (χ2n) is 6.39. The highest BCUT2D eigenvalue weighted by Crippen LogP contribution is 2.17. The largest absolute Gasteiger partial charge is 0.481 e. The van der Waals surface area contributed by atoms with Crippen LogP contribution >= 0.6 is 0 Å². The quantitative estimate of drug-likeness (QED) is 0.431. The van der Waals surface area contributed by atoms with Crippen LogP contribution in [0.4, 0.5) is 0 Å². The van der Waals surface area contributed by atoms with Crippen molar-refractivity contribution < 1.29 is 14.3 Å². The number of nitrogens with zero attached hydrogens (tertiary/aromatic N) is 2. The van der Waals surface area contributed by atoms with Gasteiger partial charge in [-0.25, -0.2) is 9.78 Å². The van der Waals surface area contributed by atoms with E-state index in [1.165, 1.54) is 0 Å². The summed E-state index contributed by atoms with van der Waals surface area (Å²) in [4.78, 5) is 21.7. The van der Waals surface area contributed by atoms with Gasteiger partial charge in [0.1, 0.15) is 0 Å². The van der Waals surface area contributed by atoms with Gasteiger partial charge in [-0.2, -0.15) is 0 Å². The maximum Gasteiger partial charge on any atom is 0.331 e. The molecule has 1 atom stereocenters. The van der Waals surface area contributed by atoms with E-state index in [0.717, 1.165) is 22.4 Å². The number of pyridine rings is 1. The highest BCUT2D eigenvalue weighted by atomic mass is 16.5. The van der Waals surface area contributed by atoms with Crippen LogP contribution in [0.5, 0.6) is 5.88 Å². The van der Waals surface area contributed by atoms with Crippen LogP contribution in [0.1, 0.15) is 23.6 Å². The van der Waals surface area contributed by atoms with E-state index < -0.39 is 6.04 Å². The Morgan fingerprint density at radius 2 is 1.62 bits per heavy atom. The van der Waals surface area contributed by atoms with Crippen LogP contribution in [0.15, 0.2) is 84.0 Å². The number of methoxy groups -OCH3 is 1. The molecule has 0 amide bonds. The van der Waals surface area contributed by atoms with Gasteiger partial charge in [0.2, 0.25) is 5.88 Å². The summed E-state index contributed by atoms with van der Waals surface area (Å²) in [7, 11) is 1.57. The lowest BCUT2D eigenvalue weighted by molar-refractivity contribution is -0.144. The zero-order valence-corrected chi connectivity index (χ0v) is 16.6. The van der Waals surface area contributed by atoms with Crippen LogP contribution in [0.2, 0.25) is 0 Å². The Morgan fingerprint density at radius 1 is 1.00 bits per heavy atom. The number of hydrogen-bond donors (Lipinski definition) is 0. The van der Waals surface area contributed by atoms with Gasteiger partial charge in [-0.3, -0.25) is 4.99 Å². The number of benzene rings is 2. The molecule has 0 aliphatic heterocycles. The SMILES string of the molecule is CCOC(=O)C(Cc1ccnc(OC)c1)N=C(c1ccccc1)c1ccccc1. The molecule has 2 aromatic carbocycles. The zero-order chi connectivity index (χ0) is 20.5. The smallest absolute Gasteiger partial charge is 0.331 e. The highest BCUT2D eigenvalue weighted by molar-refractivity contribution is 6.13. The van der Waals surface area contributed by atoms with E-state index in [-0.39, 0.29) is 5.97 Å². The van der Waals surface area contributed by atoms with Gasteiger partial charge >= 0.3 is 5.97 Å². The summed E-state index contributed by atoms with van der Waals surface area (Å²) in [5.74, 6) is 0.146. The van der Waals surface area contributed by atoms with Crippen molar-refractivity contribution >= 4 is 11.7 Å². The summed E-state index contributed by atoms with van der Waals surface area (Å²) in [6.45, 7) is 2.10. The second-order valence-corrected chi connectivity index (χ2v) is 6.39. The number of rotatable bonds is 8. The Morgan fingerprint density at radius 3 is 2.17 bits per heavy atom. The molecule has 3 aromatic rings. The van der Waals surface area contributed by atoms with E-state index in [1.54, 1.807) is 20.2 Å². The molecule has 148 valence electrons. The third-order valence-corrected chi connectivity index (χ3v) is 4.38. The number of aromatic nitrogens is 1. The lowest BCUT2D eigenvalue weighted by Gasteiger charge is -2.15. The standard InChI is InChI=1S/C24H24N2O3/c1-3-29-24(27)21(16-18-14-15-25-22(17-18)28-2)26-23(19-10-6-4-7-11-19)20-12-8-5-9-13-20/h4-15,17,21H,3,16H2,1-2H3. The molecule has 0 N–H and O–H groups in total. The number of carbonyl (C=O) groups excluding carboxylic acids is 1. The van der Waals surface area contributed by atoms with Crippen LogP contribution in [0, 0.1) is 0 Å². The molecule has 1 heterocycles. The van der Waals surface area contributed by atoms with E-state index in [4.69, 9.17) is 14.5 Å². The van der Waals surface area contributed by atoms with Gasteiger partial charge in [-0.15, -0.1) is 0 Å². The van der Waals surface area contributed by atoms with Crippen LogP contribution in [-0.4, -0.2) is 36.4 Å². The summed E-state index contributed by atoms with van der Waals surface area (Å²) in [5.41, 5.74) is 3.55. The normalized spacial score (nSPS) is 11.4. The van der Waals surface area contributed by atoms with Crippen LogP contribution in [0.25, 0.3) is 0 Å². The summed E-state index contributed by atoms with van der Waals surface area (Å²) in [6.07, 6.45) is 2.05. The molecule has 0 bridgehead atoms. The molecule has 1 unspecified atom stereocenters. The van der Waals surface area contributed by atoms with Crippen molar-refractivity contribution in [2.45, 2.75) is 19.4 Å². The molecule has 0 aliphatic carbocycles. The zero-order valence-electron chi connectivity index (χ0n) is 16.6. The number of esters is 1. The average Bonchev–Trinajstić information content (AvgIpc) is 2.78. The minimum atomic E-state index is -0.683. The molecule has 3 rings (SSSR count). The van der Waals surface area contributed by atoms with Crippen molar-refractivity contribution in [3.05, 3.63) is 95.7 Å². The third-order valence-electron chi connectivity index (χ3n) is 4.38. The first-order chi connectivity index (χ1) is 14.2. The lowest BCUT2D eigenvalue weighted by atomic mass is 10.0. The first kappa shape index (κ1) is 20.3. The van der Waals surface area contributed by atoms with Crippen molar-refractivity contribution in [3.63, 3.8) is 0 Å². The molecule has 29 heavy (non-hydrogen) atoms. The first-order valence-electron chi connectivity index (χ1n) is 9.55. The van der Waals surface area contributed by atoms with Crippen LogP contribution < -0.4 is 4.74 Å². The molecule has 0 fully saturated rings. The monoisotopic (exact) mass is 388 g/mol. The molecule has 5 heteroatoms. The first-order valence-corrected chi connectivity index (χ1v) is 9.55. The van der Waals surface area contributed by atoms with Gasteiger partial charge < -0.3 is 9.47 Å². The van der Waals surface area contributed by atoms with E-state index in [9.17, 15) is 4.79 Å². The molecule has 0 aliphatic rings. The summed E-state index contributed by atoms with van der Waals surface area (Å²) < 4.78 is 10.5. The van der Waals surface area contributed by atoms with Gasteiger partial charge in [-0.05, 0) is 18.6 Å². The van der Waals surface area contributed by atoms with Gasteiger partial charge in [0, 0.05) is 29.8 Å². The lowest BCUT2D eigenvalue weighted by Crippen LogP contribution is -2.26. The summed E-state index contributed by atoms with van der Waals surface area (Å²) >= 11 is 0. The summed E-state index contributed by atoms with van der Waals surface area (Å²) in [6, 6.07) is 22.7. The average molecular weight is 388 g/mol. The number of hydrogen-bond acceptors (Lipinski definition) is 5. The van der Waals surface area contributed by atoms with Crippen LogP contribution in [0.3, 0.4) is 0 Å².